The van der Waals surface area contributed by atoms with Crippen molar-refractivity contribution in [3.8, 4) is 28.6 Å². The second kappa shape index (κ2) is 14.0. The quantitative estimate of drug-likeness (QED) is 0.178. The average molecular weight is 522 g/mol. The molecule has 0 unspecified atom stereocenters. The largest absolute Gasteiger partial charge is 0.494 e. The number of ether oxygens (including phenoxy) is 2. The van der Waals surface area contributed by atoms with E-state index in [1.807, 2.05) is 55.1 Å². The van der Waals surface area contributed by atoms with Crippen LogP contribution in [0.2, 0.25) is 0 Å². The number of aliphatic hydroxyl groups excluding tert-OH is 1. The molecule has 37 heavy (non-hydrogen) atoms. The van der Waals surface area contributed by atoms with Gasteiger partial charge in [-0.15, -0.1) is 16.8 Å². The van der Waals surface area contributed by atoms with E-state index in [4.69, 9.17) is 14.6 Å². The Morgan fingerprint density at radius 1 is 1.03 bits per heavy atom. The molecule has 0 bridgehead atoms. The molecule has 0 aliphatic rings. The summed E-state index contributed by atoms with van der Waals surface area (Å²) in [5.74, 6) is 3.99. The molecule has 0 saturated carbocycles. The fraction of sp³-hybridized carbons (Fsp3) is 0.269. The van der Waals surface area contributed by atoms with E-state index in [1.165, 1.54) is 18.0 Å². The summed E-state index contributed by atoms with van der Waals surface area (Å²) in [7, 11) is 3.25. The van der Waals surface area contributed by atoms with Crippen molar-refractivity contribution in [3.63, 3.8) is 0 Å². The molecule has 3 heterocycles. The topological polar surface area (TPSA) is 120 Å². The lowest BCUT2D eigenvalue weighted by molar-refractivity contribution is 0.343. The number of nitrogens with zero attached hydrogens (tertiary/aromatic N) is 6. The third-order valence-corrected chi connectivity index (χ3v) is 5.71. The zero-order valence-corrected chi connectivity index (χ0v) is 22.2. The Morgan fingerprint density at radius 2 is 1.70 bits per heavy atom. The highest BCUT2D eigenvalue weighted by molar-refractivity contribution is 8.00. The van der Waals surface area contributed by atoms with E-state index < -0.39 is 0 Å². The second-order valence-corrected chi connectivity index (χ2v) is 8.69. The number of nitrogens with one attached hydrogen (secondary N) is 1. The number of anilines is 1. The number of aryl methyl sites for hydroxylation is 3. The zero-order chi connectivity index (χ0) is 26.6. The molecule has 194 valence electrons. The first-order valence-electron chi connectivity index (χ1n) is 11.5. The Hall–Kier alpha value is -3.96. The Morgan fingerprint density at radius 3 is 2.30 bits per heavy atom. The standard InChI is InChI=1S/C23H25N7O2S.C3H6O/c1-15-10-17(14-24-11-15)22-27-28-23(29-33-9-8-20-25-12-16(2)13-26-20)30(22)21-18(31-3)6-5-7-19(21)32-4;1-2-3-4/h5-7,10-14H,8-9H2,1-4H3,(H,28,29);2,4H,1,3H2. The van der Waals surface area contributed by atoms with Crippen LogP contribution in [-0.2, 0) is 6.42 Å². The van der Waals surface area contributed by atoms with Gasteiger partial charge in [0.25, 0.3) is 0 Å². The molecule has 0 amide bonds. The minimum atomic E-state index is 0.0833. The van der Waals surface area contributed by atoms with Crippen molar-refractivity contribution in [1.29, 1.82) is 0 Å². The van der Waals surface area contributed by atoms with Gasteiger partial charge in [0.05, 0.1) is 20.8 Å². The maximum Gasteiger partial charge on any atom is 0.239 e. The van der Waals surface area contributed by atoms with Crippen molar-refractivity contribution < 1.29 is 14.6 Å². The van der Waals surface area contributed by atoms with Gasteiger partial charge in [0.1, 0.15) is 23.0 Å². The fourth-order valence-electron chi connectivity index (χ4n) is 3.28. The highest BCUT2D eigenvalue weighted by Crippen LogP contribution is 2.37. The number of hydrogen-bond acceptors (Lipinski definition) is 10. The minimum Gasteiger partial charge on any atom is -0.494 e. The lowest BCUT2D eigenvalue weighted by atomic mass is 10.2. The molecular weight excluding hydrogens is 490 g/mol. The molecule has 0 fully saturated rings. The maximum absolute atomic E-state index is 7.76. The molecular formula is C26H31N7O3S. The monoisotopic (exact) mass is 521 g/mol. The van der Waals surface area contributed by atoms with Crippen LogP contribution in [0.15, 0.2) is 61.7 Å². The lowest BCUT2D eigenvalue weighted by Crippen LogP contribution is -2.07. The first kappa shape index (κ1) is 27.6. The normalized spacial score (nSPS) is 10.3. The van der Waals surface area contributed by atoms with Gasteiger partial charge in [-0.25, -0.2) is 9.97 Å². The van der Waals surface area contributed by atoms with Crippen molar-refractivity contribution in [3.05, 3.63) is 78.7 Å². The summed E-state index contributed by atoms with van der Waals surface area (Å²) < 4.78 is 16.5. The van der Waals surface area contributed by atoms with Crippen LogP contribution in [0.4, 0.5) is 5.95 Å². The van der Waals surface area contributed by atoms with Gasteiger partial charge in [-0.05, 0) is 55.1 Å². The van der Waals surface area contributed by atoms with Gasteiger partial charge in [0.2, 0.25) is 5.95 Å². The smallest absolute Gasteiger partial charge is 0.239 e. The molecule has 0 aliphatic carbocycles. The zero-order valence-electron chi connectivity index (χ0n) is 21.4. The number of pyridine rings is 1. The van der Waals surface area contributed by atoms with E-state index in [0.717, 1.165) is 34.7 Å². The summed E-state index contributed by atoms with van der Waals surface area (Å²) in [6.45, 7) is 7.27. The van der Waals surface area contributed by atoms with Gasteiger partial charge in [0, 0.05) is 42.5 Å². The Bertz CT molecular complexity index is 1270. The SMILES string of the molecule is C=CCO.COc1cccc(OC)c1-n1c(NSCCc2ncc(C)cn2)nnc1-c1cncc(C)c1. The van der Waals surface area contributed by atoms with E-state index >= 15 is 0 Å². The molecule has 0 atom stereocenters. The summed E-state index contributed by atoms with van der Waals surface area (Å²) in [5, 5.41) is 16.6. The van der Waals surface area contributed by atoms with Crippen LogP contribution >= 0.6 is 11.9 Å². The van der Waals surface area contributed by atoms with Crippen molar-refractivity contribution >= 4 is 17.9 Å². The number of benzene rings is 1. The molecule has 4 rings (SSSR count). The molecule has 4 aromatic rings. The lowest BCUT2D eigenvalue weighted by Gasteiger charge is -2.17. The summed E-state index contributed by atoms with van der Waals surface area (Å²) in [6, 6.07) is 7.65. The fourth-order valence-corrected chi connectivity index (χ4v) is 3.93. The van der Waals surface area contributed by atoms with E-state index in [2.05, 4.69) is 36.5 Å². The third-order valence-electron chi connectivity index (χ3n) is 4.98. The van der Waals surface area contributed by atoms with Crippen LogP contribution in [-0.4, -0.2) is 61.4 Å². The molecule has 0 saturated heterocycles. The van der Waals surface area contributed by atoms with Crippen LogP contribution in [0.3, 0.4) is 0 Å². The van der Waals surface area contributed by atoms with Crippen LogP contribution in [0.1, 0.15) is 17.0 Å². The number of aliphatic hydroxyl groups is 1. The maximum atomic E-state index is 7.76. The minimum absolute atomic E-state index is 0.0833. The van der Waals surface area contributed by atoms with Crippen molar-refractivity contribution in [1.82, 2.24) is 29.7 Å². The number of methoxy groups -OCH3 is 2. The molecule has 3 aromatic heterocycles. The van der Waals surface area contributed by atoms with E-state index in [9.17, 15) is 0 Å². The van der Waals surface area contributed by atoms with Gasteiger partial charge in [-0.1, -0.05) is 12.1 Å². The number of para-hydroxylation sites is 1. The molecule has 10 nitrogen and oxygen atoms in total. The summed E-state index contributed by atoms with van der Waals surface area (Å²) in [5.41, 5.74) is 3.60. The predicted octanol–water partition coefficient (Wildman–Crippen LogP) is 4.22. The van der Waals surface area contributed by atoms with E-state index in [1.54, 1.807) is 26.6 Å². The second-order valence-electron chi connectivity index (χ2n) is 7.79. The van der Waals surface area contributed by atoms with Gasteiger partial charge < -0.3 is 14.6 Å². The van der Waals surface area contributed by atoms with Crippen LogP contribution in [0.5, 0.6) is 11.5 Å². The van der Waals surface area contributed by atoms with Gasteiger partial charge in [0.15, 0.2) is 5.82 Å². The molecule has 0 aliphatic heterocycles. The highest BCUT2D eigenvalue weighted by atomic mass is 32.2. The number of aromatic nitrogens is 6. The Balaban J connectivity index is 0.000000886. The molecule has 1 aromatic carbocycles. The van der Waals surface area contributed by atoms with Gasteiger partial charge >= 0.3 is 0 Å². The highest BCUT2D eigenvalue weighted by Gasteiger charge is 2.22. The van der Waals surface area contributed by atoms with Gasteiger partial charge in [-0.3, -0.25) is 14.3 Å². The molecule has 0 spiro atoms. The van der Waals surface area contributed by atoms with Crippen LogP contribution < -0.4 is 14.2 Å². The third kappa shape index (κ3) is 7.28. The van der Waals surface area contributed by atoms with Crippen molar-refractivity contribution in [2.24, 2.45) is 0 Å². The predicted molar refractivity (Wildman–Crippen MR) is 146 cm³/mol. The average Bonchev–Trinajstić information content (AvgIpc) is 3.35. The Labute approximate surface area is 221 Å². The first-order chi connectivity index (χ1) is 18.0. The van der Waals surface area contributed by atoms with E-state index in [-0.39, 0.29) is 6.61 Å². The first-order valence-corrected chi connectivity index (χ1v) is 12.5. The summed E-state index contributed by atoms with van der Waals surface area (Å²) in [4.78, 5) is 13.0. The number of rotatable bonds is 10. The summed E-state index contributed by atoms with van der Waals surface area (Å²) in [6.07, 6.45) is 9.37. The van der Waals surface area contributed by atoms with Crippen molar-refractivity contribution in [2.75, 3.05) is 31.3 Å². The number of hydrogen-bond donors (Lipinski definition) is 2. The molecule has 11 heteroatoms. The van der Waals surface area contributed by atoms with Crippen molar-refractivity contribution in [2.45, 2.75) is 20.3 Å². The Kier molecular flexibility index (Phi) is 10.4. The van der Waals surface area contributed by atoms with Crippen LogP contribution in [0.25, 0.3) is 17.1 Å². The van der Waals surface area contributed by atoms with Gasteiger partial charge in [-0.2, -0.15) is 0 Å². The molecule has 2 N–H and O–H groups in total. The van der Waals surface area contributed by atoms with Crippen LogP contribution in [0, 0.1) is 13.8 Å². The summed E-state index contributed by atoms with van der Waals surface area (Å²) >= 11 is 1.50. The molecule has 0 radical (unpaired) electrons. The van der Waals surface area contributed by atoms with E-state index in [0.29, 0.717) is 29.0 Å².